The number of nitrogens with one attached hydrogen (secondary N) is 1. The van der Waals surface area contributed by atoms with Gasteiger partial charge in [0.2, 0.25) is 0 Å². The predicted molar refractivity (Wildman–Crippen MR) is 65.1 cm³/mol. The first kappa shape index (κ1) is 16.7. The molecule has 0 saturated heterocycles. The lowest BCUT2D eigenvalue weighted by Crippen LogP contribution is -2.49. The lowest BCUT2D eigenvalue weighted by atomic mass is 10.0. The number of hydrogen-bond donors (Lipinski definition) is 4. The number of carboxylic acids is 1. The van der Waals surface area contributed by atoms with Crippen LogP contribution in [0.5, 0.6) is 0 Å². The largest absolute Gasteiger partial charge is 0.480 e. The number of aliphatic hydroxyl groups is 2. The first-order valence-corrected chi connectivity index (χ1v) is 5.81. The van der Waals surface area contributed by atoms with E-state index in [4.69, 9.17) is 10.2 Å². The molecular formula is C11H22N2O5. The highest BCUT2D eigenvalue weighted by Gasteiger charge is 2.23. The Morgan fingerprint density at radius 1 is 1.33 bits per heavy atom. The molecule has 0 aromatic heterocycles. The van der Waals surface area contributed by atoms with Gasteiger partial charge < -0.3 is 25.5 Å². The zero-order valence-corrected chi connectivity index (χ0v) is 11.0. The average molecular weight is 262 g/mol. The molecule has 0 aliphatic heterocycles. The van der Waals surface area contributed by atoms with Crippen molar-refractivity contribution >= 4 is 12.0 Å². The molecule has 1 unspecified atom stereocenters. The molecule has 0 saturated carbocycles. The van der Waals surface area contributed by atoms with Crippen LogP contribution in [0.15, 0.2) is 0 Å². The summed E-state index contributed by atoms with van der Waals surface area (Å²) in [5.41, 5.74) is 0. The van der Waals surface area contributed by atoms with Crippen LogP contribution in [0, 0.1) is 5.92 Å². The minimum Gasteiger partial charge on any atom is -0.480 e. The second-order valence-corrected chi connectivity index (χ2v) is 4.69. The summed E-state index contributed by atoms with van der Waals surface area (Å²) in [4.78, 5) is 23.7. The Bertz CT molecular complexity index is 283. The van der Waals surface area contributed by atoms with E-state index in [0.29, 0.717) is 6.42 Å². The molecule has 7 nitrogen and oxygen atoms in total. The number of likely N-dealkylation sites (N-methyl/N-ethyl adjacent to an activating group) is 1. The van der Waals surface area contributed by atoms with Gasteiger partial charge >= 0.3 is 12.0 Å². The summed E-state index contributed by atoms with van der Waals surface area (Å²) in [6.07, 6.45) is -0.702. The van der Waals surface area contributed by atoms with Gasteiger partial charge in [0.25, 0.3) is 0 Å². The van der Waals surface area contributed by atoms with Gasteiger partial charge in [-0.05, 0) is 12.3 Å². The molecule has 0 heterocycles. The van der Waals surface area contributed by atoms with Gasteiger partial charge in [0.05, 0.1) is 19.3 Å². The van der Waals surface area contributed by atoms with E-state index in [1.165, 1.54) is 7.05 Å². The maximum Gasteiger partial charge on any atom is 0.326 e. The fourth-order valence-electron chi connectivity index (χ4n) is 1.41. The summed E-state index contributed by atoms with van der Waals surface area (Å²) in [7, 11) is 1.42. The second-order valence-electron chi connectivity index (χ2n) is 4.69. The van der Waals surface area contributed by atoms with Crippen molar-refractivity contribution in [3.8, 4) is 0 Å². The van der Waals surface area contributed by atoms with Gasteiger partial charge in [-0.3, -0.25) is 0 Å². The third-order valence-electron chi connectivity index (χ3n) is 2.34. The molecule has 18 heavy (non-hydrogen) atoms. The van der Waals surface area contributed by atoms with Crippen LogP contribution < -0.4 is 5.32 Å². The van der Waals surface area contributed by atoms with E-state index in [-0.39, 0.29) is 12.5 Å². The first-order chi connectivity index (χ1) is 8.27. The van der Waals surface area contributed by atoms with Gasteiger partial charge in [0, 0.05) is 7.05 Å². The van der Waals surface area contributed by atoms with E-state index >= 15 is 0 Å². The minimum absolute atomic E-state index is 0.0592. The van der Waals surface area contributed by atoms with Crippen molar-refractivity contribution in [3.05, 3.63) is 0 Å². The minimum atomic E-state index is -1.09. The SMILES string of the molecule is CC(C)C[C@H](NC(=O)N(C)CC(O)CO)C(=O)O. The Balaban J connectivity index is 4.36. The molecule has 0 rings (SSSR count). The fourth-order valence-corrected chi connectivity index (χ4v) is 1.41. The normalized spacial score (nSPS) is 14.1. The van der Waals surface area contributed by atoms with Gasteiger partial charge in [-0.1, -0.05) is 13.8 Å². The van der Waals surface area contributed by atoms with Gasteiger partial charge in [-0.2, -0.15) is 0 Å². The molecule has 0 aromatic rings. The zero-order chi connectivity index (χ0) is 14.3. The van der Waals surface area contributed by atoms with Crippen molar-refractivity contribution in [3.63, 3.8) is 0 Å². The van der Waals surface area contributed by atoms with Crippen molar-refractivity contribution in [2.75, 3.05) is 20.2 Å². The van der Waals surface area contributed by atoms with E-state index in [2.05, 4.69) is 5.32 Å². The maximum atomic E-state index is 11.6. The molecule has 106 valence electrons. The molecule has 0 bridgehead atoms. The fraction of sp³-hybridized carbons (Fsp3) is 0.818. The van der Waals surface area contributed by atoms with E-state index in [0.717, 1.165) is 4.90 Å². The molecule has 0 spiro atoms. The molecule has 2 atom stereocenters. The number of aliphatic carboxylic acids is 1. The molecule has 0 radical (unpaired) electrons. The average Bonchev–Trinajstić information content (AvgIpc) is 2.26. The van der Waals surface area contributed by atoms with Crippen molar-refractivity contribution in [2.45, 2.75) is 32.4 Å². The van der Waals surface area contributed by atoms with E-state index in [1.807, 2.05) is 13.8 Å². The van der Waals surface area contributed by atoms with Crippen molar-refractivity contribution in [1.29, 1.82) is 0 Å². The highest BCUT2D eigenvalue weighted by Crippen LogP contribution is 2.05. The number of carboxylic acid groups (broad SMARTS) is 1. The standard InChI is InChI=1S/C11H22N2O5/c1-7(2)4-9(10(16)17)12-11(18)13(3)5-8(15)6-14/h7-9,14-15H,4-6H2,1-3H3,(H,12,18)(H,16,17)/t8?,9-/m0/s1. The van der Waals surface area contributed by atoms with Crippen LogP contribution >= 0.6 is 0 Å². The number of amides is 2. The monoisotopic (exact) mass is 262 g/mol. The third kappa shape index (κ3) is 6.41. The van der Waals surface area contributed by atoms with Gasteiger partial charge in [0.1, 0.15) is 6.04 Å². The second kappa shape index (κ2) is 7.88. The molecule has 0 aliphatic carbocycles. The number of carbonyl (C=O) groups is 2. The molecule has 0 aromatic carbocycles. The lowest BCUT2D eigenvalue weighted by molar-refractivity contribution is -0.139. The van der Waals surface area contributed by atoms with Crippen LogP contribution in [0.3, 0.4) is 0 Å². The quantitative estimate of drug-likeness (QED) is 0.493. The molecule has 0 aliphatic rings. The third-order valence-corrected chi connectivity index (χ3v) is 2.34. The molecule has 7 heteroatoms. The maximum absolute atomic E-state index is 11.6. The summed E-state index contributed by atoms with van der Waals surface area (Å²) in [6, 6.07) is -1.54. The summed E-state index contributed by atoms with van der Waals surface area (Å²) in [5.74, 6) is -0.951. The van der Waals surface area contributed by atoms with Gasteiger partial charge in [-0.15, -0.1) is 0 Å². The lowest BCUT2D eigenvalue weighted by Gasteiger charge is -2.23. The van der Waals surface area contributed by atoms with Crippen LogP contribution in [0.1, 0.15) is 20.3 Å². The number of aliphatic hydroxyl groups excluding tert-OH is 2. The van der Waals surface area contributed by atoms with Crippen LogP contribution in [-0.2, 0) is 4.79 Å². The molecule has 0 fully saturated rings. The Morgan fingerprint density at radius 2 is 1.89 bits per heavy atom. The Labute approximate surface area is 106 Å². The highest BCUT2D eigenvalue weighted by atomic mass is 16.4. The van der Waals surface area contributed by atoms with Crippen LogP contribution in [0.2, 0.25) is 0 Å². The number of hydrogen-bond acceptors (Lipinski definition) is 4. The van der Waals surface area contributed by atoms with Gasteiger partial charge in [-0.25, -0.2) is 9.59 Å². The van der Waals surface area contributed by atoms with Crippen molar-refractivity contribution in [1.82, 2.24) is 10.2 Å². The highest BCUT2D eigenvalue weighted by molar-refractivity contribution is 5.82. The van der Waals surface area contributed by atoms with E-state index < -0.39 is 30.8 Å². The van der Waals surface area contributed by atoms with E-state index in [9.17, 15) is 14.7 Å². The van der Waals surface area contributed by atoms with Crippen LogP contribution in [-0.4, -0.2) is 64.6 Å². The van der Waals surface area contributed by atoms with Gasteiger partial charge in [0.15, 0.2) is 0 Å². The van der Waals surface area contributed by atoms with Crippen LogP contribution in [0.4, 0.5) is 4.79 Å². The Hall–Kier alpha value is -1.34. The summed E-state index contributed by atoms with van der Waals surface area (Å²) in [6.45, 7) is 3.21. The predicted octanol–water partition coefficient (Wildman–Crippen LogP) is -0.520. The van der Waals surface area contributed by atoms with Crippen LogP contribution in [0.25, 0.3) is 0 Å². The van der Waals surface area contributed by atoms with E-state index in [1.54, 1.807) is 0 Å². The Morgan fingerprint density at radius 3 is 2.28 bits per heavy atom. The summed E-state index contributed by atoms with van der Waals surface area (Å²) >= 11 is 0. The zero-order valence-electron chi connectivity index (χ0n) is 11.0. The molecular weight excluding hydrogens is 240 g/mol. The molecule has 2 amide bonds. The number of rotatable bonds is 7. The van der Waals surface area contributed by atoms with Crippen molar-refractivity contribution in [2.24, 2.45) is 5.92 Å². The summed E-state index contributed by atoms with van der Waals surface area (Å²) < 4.78 is 0. The number of nitrogens with zero attached hydrogens (tertiary/aromatic N) is 1. The molecule has 4 N–H and O–H groups in total. The number of urea groups is 1. The summed E-state index contributed by atoms with van der Waals surface area (Å²) in [5, 5.41) is 29.2. The van der Waals surface area contributed by atoms with Crippen molar-refractivity contribution < 1.29 is 24.9 Å². The number of carbonyl (C=O) groups excluding carboxylic acids is 1. The first-order valence-electron chi connectivity index (χ1n) is 5.81. The topological polar surface area (TPSA) is 110 Å². The Kier molecular flexibility index (Phi) is 7.30. The smallest absolute Gasteiger partial charge is 0.326 e.